The number of hydrogen-bond acceptors (Lipinski definition) is 2. The Morgan fingerprint density at radius 2 is 2.07 bits per heavy atom. The summed E-state index contributed by atoms with van der Waals surface area (Å²) in [6.45, 7) is 1.88. The molecule has 1 aromatic carbocycles. The van der Waals surface area contributed by atoms with E-state index >= 15 is 0 Å². The van der Waals surface area contributed by atoms with E-state index in [-0.39, 0.29) is 0 Å². The normalized spacial score (nSPS) is 10.7. The number of benzene rings is 1. The van der Waals surface area contributed by atoms with Gasteiger partial charge in [0.25, 0.3) is 0 Å². The lowest BCUT2D eigenvalue weighted by Gasteiger charge is -2.06. The first-order chi connectivity index (χ1) is 7.42. The lowest BCUT2D eigenvalue weighted by Crippen LogP contribution is -2.15. The number of pyridine rings is 1. The van der Waals surface area contributed by atoms with E-state index in [1.807, 2.05) is 18.3 Å². The number of alkyl halides is 1. The second-order valence-electron chi connectivity index (χ2n) is 3.35. The minimum Gasteiger partial charge on any atom is -0.312 e. The Morgan fingerprint density at radius 1 is 1.20 bits per heavy atom. The van der Waals surface area contributed by atoms with Crippen LogP contribution in [0.2, 0.25) is 0 Å². The Kier molecular flexibility index (Phi) is 3.69. The van der Waals surface area contributed by atoms with E-state index in [1.54, 1.807) is 0 Å². The molecular formula is C12H13BrN2. The number of nitrogens with zero attached hydrogens (tertiary/aromatic N) is 1. The topological polar surface area (TPSA) is 24.9 Å². The van der Waals surface area contributed by atoms with E-state index in [4.69, 9.17) is 0 Å². The van der Waals surface area contributed by atoms with Gasteiger partial charge < -0.3 is 5.32 Å². The van der Waals surface area contributed by atoms with Crippen LogP contribution in [0.3, 0.4) is 0 Å². The van der Waals surface area contributed by atoms with Gasteiger partial charge in [0.1, 0.15) is 0 Å². The zero-order valence-corrected chi connectivity index (χ0v) is 10.00. The lowest BCUT2D eigenvalue weighted by atomic mass is 10.1. The molecule has 0 aliphatic carbocycles. The number of para-hydroxylation sites is 1. The van der Waals surface area contributed by atoms with Crippen LogP contribution in [-0.2, 0) is 6.54 Å². The third-order valence-corrected chi connectivity index (χ3v) is 2.72. The number of hydrogen-bond donors (Lipinski definition) is 1. The zero-order chi connectivity index (χ0) is 10.5. The average Bonchev–Trinajstić information content (AvgIpc) is 2.30. The molecule has 0 atom stereocenters. The Balaban J connectivity index is 2.26. The second kappa shape index (κ2) is 5.24. The molecule has 0 fully saturated rings. The van der Waals surface area contributed by atoms with Gasteiger partial charge in [-0.2, -0.15) is 0 Å². The fourth-order valence-corrected chi connectivity index (χ4v) is 1.88. The molecular weight excluding hydrogens is 252 g/mol. The third-order valence-electron chi connectivity index (χ3n) is 2.33. The molecule has 1 aromatic heterocycles. The predicted octanol–water partition coefficient (Wildman–Crippen LogP) is 2.72. The Labute approximate surface area is 97.8 Å². The van der Waals surface area contributed by atoms with Crippen molar-refractivity contribution in [3.05, 3.63) is 42.1 Å². The zero-order valence-electron chi connectivity index (χ0n) is 8.41. The fraction of sp³-hybridized carbons (Fsp3) is 0.250. The highest BCUT2D eigenvalue weighted by Crippen LogP contribution is 2.15. The molecule has 1 N–H and O–H groups in total. The molecule has 2 rings (SSSR count). The standard InChI is InChI=1S/C12H13BrN2/c13-6-8-14-9-10-5-7-15-12-4-2-1-3-11(10)12/h1-5,7,14H,6,8-9H2. The van der Waals surface area contributed by atoms with E-state index in [0.717, 1.165) is 23.9 Å². The molecule has 0 saturated carbocycles. The molecule has 0 bridgehead atoms. The molecule has 0 unspecified atom stereocenters. The van der Waals surface area contributed by atoms with Crippen LogP contribution in [0.1, 0.15) is 5.56 Å². The highest BCUT2D eigenvalue weighted by molar-refractivity contribution is 9.09. The van der Waals surface area contributed by atoms with Gasteiger partial charge in [0, 0.05) is 30.0 Å². The van der Waals surface area contributed by atoms with Crippen LogP contribution < -0.4 is 5.32 Å². The van der Waals surface area contributed by atoms with Crippen molar-refractivity contribution in [3.8, 4) is 0 Å². The van der Waals surface area contributed by atoms with Crippen LogP contribution in [0.5, 0.6) is 0 Å². The number of rotatable bonds is 4. The molecule has 2 nitrogen and oxygen atoms in total. The van der Waals surface area contributed by atoms with Crippen molar-refractivity contribution >= 4 is 26.8 Å². The molecule has 0 amide bonds. The van der Waals surface area contributed by atoms with Crippen molar-refractivity contribution in [2.75, 3.05) is 11.9 Å². The summed E-state index contributed by atoms with van der Waals surface area (Å²) >= 11 is 3.40. The van der Waals surface area contributed by atoms with Gasteiger partial charge in [-0.3, -0.25) is 4.98 Å². The van der Waals surface area contributed by atoms with Crippen LogP contribution in [0.25, 0.3) is 10.9 Å². The second-order valence-corrected chi connectivity index (χ2v) is 4.15. The van der Waals surface area contributed by atoms with E-state index in [9.17, 15) is 0 Å². The summed E-state index contributed by atoms with van der Waals surface area (Å²) in [6, 6.07) is 10.3. The van der Waals surface area contributed by atoms with Crippen molar-refractivity contribution in [1.82, 2.24) is 10.3 Å². The van der Waals surface area contributed by atoms with Gasteiger partial charge in [0.15, 0.2) is 0 Å². The lowest BCUT2D eigenvalue weighted by molar-refractivity contribution is 0.737. The van der Waals surface area contributed by atoms with E-state index < -0.39 is 0 Å². The summed E-state index contributed by atoms with van der Waals surface area (Å²) in [6.07, 6.45) is 1.87. The number of aromatic nitrogens is 1. The van der Waals surface area contributed by atoms with Gasteiger partial charge in [-0.1, -0.05) is 34.1 Å². The van der Waals surface area contributed by atoms with Gasteiger partial charge in [-0.05, 0) is 17.7 Å². The van der Waals surface area contributed by atoms with Crippen molar-refractivity contribution in [1.29, 1.82) is 0 Å². The first-order valence-electron chi connectivity index (χ1n) is 5.01. The van der Waals surface area contributed by atoms with E-state index in [2.05, 4.69) is 44.4 Å². The Bertz CT molecular complexity index is 437. The molecule has 1 heterocycles. The van der Waals surface area contributed by atoms with Crippen molar-refractivity contribution in [2.24, 2.45) is 0 Å². The molecule has 0 aliphatic rings. The molecule has 78 valence electrons. The molecule has 15 heavy (non-hydrogen) atoms. The molecule has 2 aromatic rings. The monoisotopic (exact) mass is 264 g/mol. The molecule has 0 aliphatic heterocycles. The maximum Gasteiger partial charge on any atom is 0.0705 e. The number of halogens is 1. The van der Waals surface area contributed by atoms with Gasteiger partial charge in [0.2, 0.25) is 0 Å². The SMILES string of the molecule is BrCCNCc1ccnc2ccccc12. The molecule has 0 saturated heterocycles. The Hall–Kier alpha value is -0.930. The average molecular weight is 265 g/mol. The molecule has 0 radical (unpaired) electrons. The predicted molar refractivity (Wildman–Crippen MR) is 67.2 cm³/mol. The van der Waals surface area contributed by atoms with Crippen LogP contribution >= 0.6 is 15.9 Å². The van der Waals surface area contributed by atoms with Gasteiger partial charge >= 0.3 is 0 Å². The molecule has 3 heteroatoms. The first kappa shape index (κ1) is 10.6. The van der Waals surface area contributed by atoms with Crippen molar-refractivity contribution in [3.63, 3.8) is 0 Å². The highest BCUT2D eigenvalue weighted by Gasteiger charge is 1.99. The summed E-state index contributed by atoms with van der Waals surface area (Å²) in [5.41, 5.74) is 2.37. The largest absolute Gasteiger partial charge is 0.312 e. The molecule has 0 spiro atoms. The van der Waals surface area contributed by atoms with E-state index in [1.165, 1.54) is 10.9 Å². The smallest absolute Gasteiger partial charge is 0.0705 e. The Morgan fingerprint density at radius 3 is 2.93 bits per heavy atom. The van der Waals surface area contributed by atoms with Gasteiger partial charge in [-0.25, -0.2) is 0 Å². The summed E-state index contributed by atoms with van der Waals surface area (Å²) < 4.78 is 0. The van der Waals surface area contributed by atoms with Crippen LogP contribution in [0.4, 0.5) is 0 Å². The summed E-state index contributed by atoms with van der Waals surface area (Å²) in [4.78, 5) is 4.33. The van der Waals surface area contributed by atoms with E-state index in [0.29, 0.717) is 0 Å². The maximum absolute atomic E-state index is 4.33. The summed E-state index contributed by atoms with van der Waals surface area (Å²) in [5, 5.41) is 5.59. The number of fused-ring (bicyclic) bond motifs is 1. The third kappa shape index (κ3) is 2.55. The maximum atomic E-state index is 4.33. The fourth-order valence-electron chi connectivity index (χ4n) is 1.60. The quantitative estimate of drug-likeness (QED) is 0.679. The van der Waals surface area contributed by atoms with Crippen LogP contribution in [0.15, 0.2) is 36.5 Å². The minimum atomic E-state index is 0.897. The number of nitrogens with one attached hydrogen (secondary N) is 1. The van der Waals surface area contributed by atoms with Gasteiger partial charge in [-0.15, -0.1) is 0 Å². The first-order valence-corrected chi connectivity index (χ1v) is 6.13. The van der Waals surface area contributed by atoms with Crippen molar-refractivity contribution in [2.45, 2.75) is 6.54 Å². The minimum absolute atomic E-state index is 0.897. The summed E-state index contributed by atoms with van der Waals surface area (Å²) in [5.74, 6) is 0. The van der Waals surface area contributed by atoms with Crippen LogP contribution in [0, 0.1) is 0 Å². The summed E-state index contributed by atoms with van der Waals surface area (Å²) in [7, 11) is 0. The van der Waals surface area contributed by atoms with Crippen LogP contribution in [-0.4, -0.2) is 16.9 Å². The highest BCUT2D eigenvalue weighted by atomic mass is 79.9. The van der Waals surface area contributed by atoms with Gasteiger partial charge in [0.05, 0.1) is 5.52 Å². The van der Waals surface area contributed by atoms with Crippen molar-refractivity contribution < 1.29 is 0 Å².